The van der Waals surface area contributed by atoms with Crippen molar-refractivity contribution in [2.45, 2.75) is 12.5 Å². The van der Waals surface area contributed by atoms with Crippen LogP contribution in [0.1, 0.15) is 34.1 Å². The second-order valence-electron chi connectivity index (χ2n) is 8.55. The molecule has 0 spiro atoms. The molecule has 1 atom stereocenters. The summed E-state index contributed by atoms with van der Waals surface area (Å²) in [6.07, 6.45) is 0.717. The normalized spacial score (nSPS) is 15.0. The predicted molar refractivity (Wildman–Crippen MR) is 131 cm³/mol. The van der Waals surface area contributed by atoms with E-state index in [4.69, 9.17) is 23.4 Å². The number of methoxy groups -OCH3 is 4. The molecule has 0 fully saturated rings. The van der Waals surface area contributed by atoms with Crippen molar-refractivity contribution < 1.29 is 28.2 Å². The van der Waals surface area contributed by atoms with E-state index >= 15 is 0 Å². The zero-order valence-electron chi connectivity index (χ0n) is 20.8. The standard InChI is InChI=1S/C26H30N2O7/c1-27(2)10-7-11-28-22(15-12-19(32-4)24(34-6)20(13-15)33-5)21-23(29)17-9-8-16(31-3)14-18(17)35-25(21)26(28)30/h8-9,12-14,22H,7,10-11H2,1-6H3. The van der Waals surface area contributed by atoms with Crippen molar-refractivity contribution in [1.82, 2.24) is 9.80 Å². The zero-order valence-corrected chi connectivity index (χ0v) is 20.8. The highest BCUT2D eigenvalue weighted by Gasteiger charge is 2.43. The third-order valence-electron chi connectivity index (χ3n) is 6.18. The van der Waals surface area contributed by atoms with Crippen LogP contribution in [0, 0.1) is 0 Å². The Balaban J connectivity index is 1.94. The molecule has 35 heavy (non-hydrogen) atoms. The van der Waals surface area contributed by atoms with E-state index in [1.807, 2.05) is 19.0 Å². The molecule has 2 aromatic carbocycles. The van der Waals surface area contributed by atoms with Crippen molar-refractivity contribution in [3.8, 4) is 23.0 Å². The lowest BCUT2D eigenvalue weighted by molar-refractivity contribution is 0.0721. The van der Waals surface area contributed by atoms with Crippen LogP contribution in [0.5, 0.6) is 23.0 Å². The van der Waals surface area contributed by atoms with E-state index in [0.29, 0.717) is 51.6 Å². The Labute approximate surface area is 203 Å². The minimum atomic E-state index is -0.670. The first-order chi connectivity index (χ1) is 16.8. The van der Waals surface area contributed by atoms with Crippen molar-refractivity contribution in [1.29, 1.82) is 0 Å². The molecule has 3 aromatic rings. The lowest BCUT2D eigenvalue weighted by atomic mass is 9.97. The first-order valence-corrected chi connectivity index (χ1v) is 11.2. The summed E-state index contributed by atoms with van der Waals surface area (Å²) in [5, 5.41) is 0.380. The van der Waals surface area contributed by atoms with Gasteiger partial charge in [-0.25, -0.2) is 0 Å². The minimum Gasteiger partial charge on any atom is -0.497 e. The molecule has 1 aliphatic rings. The number of fused-ring (bicyclic) bond motifs is 2. The van der Waals surface area contributed by atoms with Gasteiger partial charge in [-0.3, -0.25) is 9.59 Å². The second kappa shape index (κ2) is 9.87. The van der Waals surface area contributed by atoms with Gasteiger partial charge in [0.25, 0.3) is 5.91 Å². The Morgan fingerprint density at radius 3 is 2.20 bits per heavy atom. The number of hydrogen-bond donors (Lipinski definition) is 0. The van der Waals surface area contributed by atoms with Crippen LogP contribution in [-0.2, 0) is 0 Å². The van der Waals surface area contributed by atoms with Gasteiger partial charge in [0.1, 0.15) is 11.3 Å². The Bertz CT molecular complexity index is 1290. The molecule has 1 aromatic heterocycles. The smallest absolute Gasteiger partial charge is 0.290 e. The van der Waals surface area contributed by atoms with Crippen LogP contribution < -0.4 is 24.4 Å². The van der Waals surface area contributed by atoms with Crippen molar-refractivity contribution in [2.24, 2.45) is 0 Å². The maximum absolute atomic E-state index is 13.7. The number of carbonyl (C=O) groups excluding carboxylic acids is 1. The highest BCUT2D eigenvalue weighted by molar-refractivity contribution is 5.99. The fourth-order valence-corrected chi connectivity index (χ4v) is 4.52. The summed E-state index contributed by atoms with van der Waals surface area (Å²) in [5.41, 5.74) is 1.01. The van der Waals surface area contributed by atoms with Gasteiger partial charge in [-0.2, -0.15) is 0 Å². The monoisotopic (exact) mass is 482 g/mol. The number of rotatable bonds is 9. The molecule has 0 N–H and O–H groups in total. The fourth-order valence-electron chi connectivity index (χ4n) is 4.52. The molecule has 1 unspecified atom stereocenters. The molecule has 0 bridgehead atoms. The van der Waals surface area contributed by atoms with Crippen LogP contribution in [-0.4, -0.2) is 71.3 Å². The molecule has 0 radical (unpaired) electrons. The average molecular weight is 483 g/mol. The number of amides is 1. The Hall–Kier alpha value is -3.72. The molecule has 1 amide bonds. The summed E-state index contributed by atoms with van der Waals surface area (Å²) in [4.78, 5) is 31.1. The third kappa shape index (κ3) is 4.27. The maximum Gasteiger partial charge on any atom is 0.290 e. The van der Waals surface area contributed by atoms with Crippen LogP contribution >= 0.6 is 0 Å². The van der Waals surface area contributed by atoms with Gasteiger partial charge in [-0.15, -0.1) is 0 Å². The molecular weight excluding hydrogens is 452 g/mol. The van der Waals surface area contributed by atoms with Gasteiger partial charge in [-0.1, -0.05) is 0 Å². The van der Waals surface area contributed by atoms with Crippen LogP contribution in [0.15, 0.2) is 39.5 Å². The number of nitrogens with zero attached hydrogens (tertiary/aromatic N) is 2. The highest BCUT2D eigenvalue weighted by atomic mass is 16.5. The molecule has 4 rings (SSSR count). The van der Waals surface area contributed by atoms with Crippen LogP contribution in [0.25, 0.3) is 11.0 Å². The molecule has 0 saturated carbocycles. The minimum absolute atomic E-state index is 0.0411. The Kier molecular flexibility index (Phi) is 6.88. The lowest BCUT2D eigenvalue weighted by Crippen LogP contribution is -2.32. The van der Waals surface area contributed by atoms with Gasteiger partial charge in [0.05, 0.1) is 45.4 Å². The molecule has 186 valence electrons. The summed E-state index contributed by atoms with van der Waals surface area (Å²) < 4.78 is 27.8. The van der Waals surface area contributed by atoms with E-state index in [2.05, 4.69) is 0 Å². The quantitative estimate of drug-likeness (QED) is 0.459. The molecule has 2 heterocycles. The van der Waals surface area contributed by atoms with E-state index in [0.717, 1.165) is 13.0 Å². The van der Waals surface area contributed by atoms with Crippen LogP contribution in [0.4, 0.5) is 0 Å². The topological polar surface area (TPSA) is 90.7 Å². The lowest BCUT2D eigenvalue weighted by Gasteiger charge is -2.27. The molecular formula is C26H30N2O7. The first-order valence-electron chi connectivity index (χ1n) is 11.2. The maximum atomic E-state index is 13.7. The van der Waals surface area contributed by atoms with Gasteiger partial charge < -0.3 is 33.2 Å². The summed E-state index contributed by atoms with van der Waals surface area (Å²) >= 11 is 0. The van der Waals surface area contributed by atoms with E-state index in [9.17, 15) is 9.59 Å². The number of hydrogen-bond acceptors (Lipinski definition) is 8. The van der Waals surface area contributed by atoms with Crippen LogP contribution in [0.2, 0.25) is 0 Å². The fraction of sp³-hybridized carbons (Fsp3) is 0.385. The summed E-state index contributed by atoms with van der Waals surface area (Å²) in [7, 11) is 10.1. The van der Waals surface area contributed by atoms with Gasteiger partial charge in [0, 0.05) is 12.6 Å². The molecule has 9 nitrogen and oxygen atoms in total. The Morgan fingerprint density at radius 1 is 0.943 bits per heavy atom. The van der Waals surface area contributed by atoms with E-state index in [1.165, 1.54) is 28.4 Å². The number of ether oxygens (including phenoxy) is 4. The van der Waals surface area contributed by atoms with E-state index in [1.54, 1.807) is 35.2 Å². The first kappa shape index (κ1) is 24.4. The van der Waals surface area contributed by atoms with Gasteiger partial charge >= 0.3 is 0 Å². The Morgan fingerprint density at radius 2 is 1.63 bits per heavy atom. The second-order valence-corrected chi connectivity index (χ2v) is 8.55. The van der Waals surface area contributed by atoms with E-state index < -0.39 is 6.04 Å². The average Bonchev–Trinajstić information content (AvgIpc) is 3.14. The third-order valence-corrected chi connectivity index (χ3v) is 6.18. The molecule has 0 saturated heterocycles. The van der Waals surface area contributed by atoms with Gasteiger partial charge in [0.15, 0.2) is 16.9 Å². The molecule has 0 aliphatic carbocycles. The van der Waals surface area contributed by atoms with Gasteiger partial charge in [-0.05, 0) is 56.9 Å². The predicted octanol–water partition coefficient (Wildman–Crippen LogP) is 3.32. The van der Waals surface area contributed by atoms with Gasteiger partial charge in [0.2, 0.25) is 11.5 Å². The molecule has 1 aliphatic heterocycles. The van der Waals surface area contributed by atoms with Crippen molar-refractivity contribution >= 4 is 16.9 Å². The number of benzene rings is 2. The van der Waals surface area contributed by atoms with Crippen molar-refractivity contribution in [3.05, 3.63) is 57.4 Å². The SMILES string of the molecule is COc1ccc2c(=O)c3c(oc2c1)C(=O)N(CCCN(C)C)C3c1cc(OC)c(OC)c(OC)c1. The van der Waals surface area contributed by atoms with Crippen molar-refractivity contribution in [3.63, 3.8) is 0 Å². The summed E-state index contributed by atoms with van der Waals surface area (Å²) in [6.45, 7) is 1.21. The summed E-state index contributed by atoms with van der Waals surface area (Å²) in [6, 6.07) is 7.84. The highest BCUT2D eigenvalue weighted by Crippen LogP contribution is 2.45. The number of carbonyl (C=O) groups is 1. The van der Waals surface area contributed by atoms with Crippen molar-refractivity contribution in [2.75, 3.05) is 55.6 Å². The zero-order chi connectivity index (χ0) is 25.3. The van der Waals surface area contributed by atoms with E-state index in [-0.39, 0.29) is 17.1 Å². The van der Waals surface area contributed by atoms with Crippen LogP contribution in [0.3, 0.4) is 0 Å². The summed E-state index contributed by atoms with van der Waals surface area (Å²) in [5.74, 6) is 1.55. The largest absolute Gasteiger partial charge is 0.497 e. The molecule has 9 heteroatoms.